The summed E-state index contributed by atoms with van der Waals surface area (Å²) in [7, 11) is 0. The molecule has 1 aliphatic carbocycles. The van der Waals surface area contributed by atoms with Crippen molar-refractivity contribution < 1.29 is 4.42 Å². The zero-order valence-electron chi connectivity index (χ0n) is 14.5. The molecule has 0 aliphatic heterocycles. The lowest BCUT2D eigenvalue weighted by Gasteiger charge is -2.10. The van der Waals surface area contributed by atoms with E-state index < -0.39 is 0 Å². The molecule has 9 heteroatoms. The molecule has 4 aromatic rings. The maximum atomic E-state index is 5.87. The number of aromatic nitrogens is 6. The van der Waals surface area contributed by atoms with Crippen molar-refractivity contribution in [1.29, 1.82) is 0 Å². The molecule has 136 valence electrons. The third-order valence-electron chi connectivity index (χ3n) is 4.30. The second-order valence-corrected chi connectivity index (χ2v) is 8.59. The van der Waals surface area contributed by atoms with Gasteiger partial charge in [0, 0.05) is 24.0 Å². The molecule has 0 radical (unpaired) electrons. The molecular formula is C18H16N6OS2. The molecule has 1 fully saturated rings. The van der Waals surface area contributed by atoms with Crippen LogP contribution in [-0.2, 0) is 0 Å². The molecule has 1 saturated carbocycles. The van der Waals surface area contributed by atoms with Crippen molar-refractivity contribution in [3.8, 4) is 22.2 Å². The van der Waals surface area contributed by atoms with Crippen LogP contribution in [0.3, 0.4) is 0 Å². The summed E-state index contributed by atoms with van der Waals surface area (Å²) in [5.41, 5.74) is 0.981. The van der Waals surface area contributed by atoms with Crippen LogP contribution in [0.25, 0.3) is 22.2 Å². The molecule has 0 saturated heterocycles. The van der Waals surface area contributed by atoms with E-state index in [-0.39, 0.29) is 5.25 Å². The molecule has 0 bridgehead atoms. The molecule has 0 aromatic carbocycles. The van der Waals surface area contributed by atoms with Crippen LogP contribution in [0.1, 0.15) is 36.9 Å². The highest BCUT2D eigenvalue weighted by molar-refractivity contribution is 7.99. The Morgan fingerprint density at radius 2 is 2.11 bits per heavy atom. The van der Waals surface area contributed by atoms with E-state index in [2.05, 4.69) is 29.9 Å². The minimum absolute atomic E-state index is 0.0188. The molecule has 1 unspecified atom stereocenters. The third kappa shape index (κ3) is 3.28. The summed E-state index contributed by atoms with van der Waals surface area (Å²) in [6.07, 6.45) is 5.89. The SMILES string of the molecule is CC(Sc1nnc(-c2cccnc2)n1C1CC1)c1nnc(-c2cccs2)o1. The Morgan fingerprint density at radius 3 is 2.85 bits per heavy atom. The first-order valence-electron chi connectivity index (χ1n) is 8.69. The summed E-state index contributed by atoms with van der Waals surface area (Å²) in [6.45, 7) is 2.05. The van der Waals surface area contributed by atoms with Crippen molar-refractivity contribution in [3.63, 3.8) is 0 Å². The van der Waals surface area contributed by atoms with Gasteiger partial charge >= 0.3 is 0 Å². The van der Waals surface area contributed by atoms with Gasteiger partial charge < -0.3 is 4.42 Å². The summed E-state index contributed by atoms with van der Waals surface area (Å²) < 4.78 is 8.09. The molecular weight excluding hydrogens is 380 g/mol. The van der Waals surface area contributed by atoms with Gasteiger partial charge in [0.2, 0.25) is 5.89 Å². The standard InChI is InChI=1S/C18H16N6OS2/c1-11(16-21-22-17(25-16)14-5-3-9-26-14)27-18-23-20-15(24(18)13-6-7-13)12-4-2-8-19-10-12/h2-5,8-11,13H,6-7H2,1H3. The van der Waals surface area contributed by atoms with Gasteiger partial charge in [0.1, 0.15) is 0 Å². The minimum atomic E-state index is -0.0188. The fourth-order valence-corrected chi connectivity index (χ4v) is 4.41. The number of hydrogen-bond acceptors (Lipinski definition) is 8. The maximum absolute atomic E-state index is 5.87. The molecule has 4 heterocycles. The fourth-order valence-electron chi connectivity index (χ4n) is 2.82. The number of rotatable bonds is 6. The van der Waals surface area contributed by atoms with Crippen molar-refractivity contribution in [3.05, 3.63) is 47.9 Å². The van der Waals surface area contributed by atoms with Gasteiger partial charge in [-0.2, -0.15) is 0 Å². The van der Waals surface area contributed by atoms with E-state index in [0.717, 1.165) is 34.3 Å². The Morgan fingerprint density at radius 1 is 1.19 bits per heavy atom. The highest BCUT2D eigenvalue weighted by atomic mass is 32.2. The van der Waals surface area contributed by atoms with Gasteiger partial charge in [-0.05, 0) is 43.3 Å². The van der Waals surface area contributed by atoms with Crippen LogP contribution < -0.4 is 0 Å². The zero-order chi connectivity index (χ0) is 18.2. The molecule has 0 N–H and O–H groups in total. The van der Waals surface area contributed by atoms with E-state index >= 15 is 0 Å². The van der Waals surface area contributed by atoms with Gasteiger partial charge in [0.05, 0.1) is 10.1 Å². The van der Waals surface area contributed by atoms with Crippen molar-refractivity contribution in [2.75, 3.05) is 0 Å². The van der Waals surface area contributed by atoms with Gasteiger partial charge in [-0.3, -0.25) is 9.55 Å². The summed E-state index contributed by atoms with van der Waals surface area (Å²) in [6, 6.07) is 8.33. The Balaban J connectivity index is 1.42. The molecule has 27 heavy (non-hydrogen) atoms. The molecule has 1 aliphatic rings. The summed E-state index contributed by atoms with van der Waals surface area (Å²) >= 11 is 3.18. The lowest BCUT2D eigenvalue weighted by molar-refractivity contribution is 0.509. The van der Waals surface area contributed by atoms with Gasteiger partial charge in [-0.25, -0.2) is 0 Å². The van der Waals surface area contributed by atoms with E-state index in [1.165, 1.54) is 0 Å². The zero-order valence-corrected chi connectivity index (χ0v) is 16.2. The van der Waals surface area contributed by atoms with Crippen LogP contribution in [0, 0.1) is 0 Å². The van der Waals surface area contributed by atoms with Gasteiger partial charge in [-0.1, -0.05) is 17.8 Å². The topological polar surface area (TPSA) is 82.5 Å². The Bertz CT molecular complexity index is 1040. The predicted molar refractivity (Wildman–Crippen MR) is 103 cm³/mol. The van der Waals surface area contributed by atoms with Crippen LogP contribution in [-0.4, -0.2) is 29.9 Å². The lowest BCUT2D eigenvalue weighted by atomic mass is 10.3. The number of hydrogen-bond donors (Lipinski definition) is 0. The average molecular weight is 397 g/mol. The first-order chi connectivity index (χ1) is 13.3. The fraction of sp³-hybridized carbons (Fsp3) is 0.278. The molecule has 5 rings (SSSR count). The Kier molecular flexibility index (Phi) is 4.25. The smallest absolute Gasteiger partial charge is 0.257 e. The average Bonchev–Trinajstić information content (AvgIpc) is 3.11. The van der Waals surface area contributed by atoms with Gasteiger partial charge in [0.15, 0.2) is 11.0 Å². The first kappa shape index (κ1) is 16.6. The van der Waals surface area contributed by atoms with E-state index in [1.54, 1.807) is 29.3 Å². The molecule has 1 atom stereocenters. The number of nitrogens with zero attached hydrogens (tertiary/aromatic N) is 6. The Labute approximate surface area is 163 Å². The van der Waals surface area contributed by atoms with Crippen molar-refractivity contribution in [1.82, 2.24) is 29.9 Å². The Hall–Kier alpha value is -2.52. The van der Waals surface area contributed by atoms with E-state index in [0.29, 0.717) is 17.8 Å². The van der Waals surface area contributed by atoms with E-state index in [9.17, 15) is 0 Å². The highest BCUT2D eigenvalue weighted by Gasteiger charge is 2.31. The highest BCUT2D eigenvalue weighted by Crippen LogP contribution is 2.43. The number of pyridine rings is 1. The van der Waals surface area contributed by atoms with Crippen molar-refractivity contribution in [2.45, 2.75) is 36.2 Å². The second kappa shape index (κ2) is 6.90. The van der Waals surface area contributed by atoms with Crippen LogP contribution in [0.4, 0.5) is 0 Å². The lowest BCUT2D eigenvalue weighted by Crippen LogP contribution is -2.01. The van der Waals surface area contributed by atoms with E-state index in [4.69, 9.17) is 4.42 Å². The van der Waals surface area contributed by atoms with E-state index in [1.807, 2.05) is 42.8 Å². The number of thioether (sulfide) groups is 1. The van der Waals surface area contributed by atoms with Crippen molar-refractivity contribution in [2.24, 2.45) is 0 Å². The molecule has 4 aromatic heterocycles. The quantitative estimate of drug-likeness (QED) is 0.439. The van der Waals surface area contributed by atoms with Crippen LogP contribution >= 0.6 is 23.1 Å². The largest absolute Gasteiger partial charge is 0.419 e. The second-order valence-electron chi connectivity index (χ2n) is 6.33. The third-order valence-corrected chi connectivity index (χ3v) is 6.20. The van der Waals surface area contributed by atoms with Gasteiger partial charge in [0.25, 0.3) is 5.89 Å². The molecule has 0 amide bonds. The van der Waals surface area contributed by atoms with Crippen LogP contribution in [0.2, 0.25) is 0 Å². The summed E-state index contributed by atoms with van der Waals surface area (Å²) in [5.74, 6) is 2.02. The first-order valence-corrected chi connectivity index (χ1v) is 10.4. The number of thiophene rings is 1. The van der Waals surface area contributed by atoms with Crippen LogP contribution in [0.5, 0.6) is 0 Å². The van der Waals surface area contributed by atoms with Gasteiger partial charge in [-0.15, -0.1) is 31.7 Å². The molecule has 0 spiro atoms. The minimum Gasteiger partial charge on any atom is -0.419 e. The van der Waals surface area contributed by atoms with Crippen LogP contribution in [0.15, 0.2) is 51.6 Å². The predicted octanol–water partition coefficient (Wildman–Crippen LogP) is 4.64. The van der Waals surface area contributed by atoms with Crippen molar-refractivity contribution >= 4 is 23.1 Å². The monoisotopic (exact) mass is 396 g/mol. The molecule has 7 nitrogen and oxygen atoms in total. The maximum Gasteiger partial charge on any atom is 0.257 e. The summed E-state index contributed by atoms with van der Waals surface area (Å²) in [5, 5.41) is 20.1. The normalized spacial score (nSPS) is 15.1. The summed E-state index contributed by atoms with van der Waals surface area (Å²) in [4.78, 5) is 5.18.